The van der Waals surface area contributed by atoms with Crippen LogP contribution in [-0.4, -0.2) is 30.6 Å². The lowest BCUT2D eigenvalue weighted by Gasteiger charge is -2.39. The maximum absolute atomic E-state index is 6.01. The van der Waals surface area contributed by atoms with Crippen molar-refractivity contribution < 1.29 is 0 Å². The minimum atomic E-state index is 0.632. The first-order chi connectivity index (χ1) is 7.72. The third kappa shape index (κ3) is 3.74. The molecule has 1 fully saturated rings. The van der Waals surface area contributed by atoms with Crippen molar-refractivity contribution in [3.8, 4) is 0 Å². The van der Waals surface area contributed by atoms with E-state index in [1.54, 1.807) is 0 Å². The van der Waals surface area contributed by atoms with Gasteiger partial charge in [0.2, 0.25) is 0 Å². The number of rotatable bonds is 6. The summed E-state index contributed by atoms with van der Waals surface area (Å²) in [6, 6.07) is 0.632. The molecule has 3 unspecified atom stereocenters. The molecule has 0 aromatic carbocycles. The summed E-state index contributed by atoms with van der Waals surface area (Å²) >= 11 is 0. The molecule has 1 rings (SSSR count). The molecule has 0 amide bonds. The number of hydrogen-bond acceptors (Lipinski definition) is 2. The van der Waals surface area contributed by atoms with Gasteiger partial charge in [-0.3, -0.25) is 4.90 Å². The smallest absolute Gasteiger partial charge is 0.0246 e. The van der Waals surface area contributed by atoms with Crippen LogP contribution in [0.2, 0.25) is 0 Å². The van der Waals surface area contributed by atoms with Gasteiger partial charge in [0, 0.05) is 12.6 Å². The fourth-order valence-electron chi connectivity index (χ4n) is 3.32. The molecule has 0 aromatic heterocycles. The molecule has 0 saturated heterocycles. The van der Waals surface area contributed by atoms with Crippen molar-refractivity contribution in [1.82, 2.24) is 4.90 Å². The zero-order valence-corrected chi connectivity index (χ0v) is 11.4. The number of nitrogens with zero attached hydrogens (tertiary/aromatic N) is 1. The highest BCUT2D eigenvalue weighted by Gasteiger charge is 2.28. The largest absolute Gasteiger partial charge is 0.329 e. The predicted octanol–water partition coefficient (Wildman–Crippen LogP) is 2.87. The van der Waals surface area contributed by atoms with Gasteiger partial charge in [-0.1, -0.05) is 33.6 Å². The van der Waals surface area contributed by atoms with Crippen molar-refractivity contribution in [3.05, 3.63) is 0 Å². The van der Waals surface area contributed by atoms with Gasteiger partial charge in [0.25, 0.3) is 0 Å². The Morgan fingerprint density at radius 2 is 2.06 bits per heavy atom. The van der Waals surface area contributed by atoms with Gasteiger partial charge in [-0.25, -0.2) is 0 Å². The van der Waals surface area contributed by atoms with Gasteiger partial charge in [-0.2, -0.15) is 0 Å². The van der Waals surface area contributed by atoms with Crippen LogP contribution in [0.15, 0.2) is 0 Å². The molecule has 0 aromatic rings. The second-order valence-corrected chi connectivity index (χ2v) is 5.46. The first kappa shape index (κ1) is 14.0. The minimum Gasteiger partial charge on any atom is -0.329 e. The summed E-state index contributed by atoms with van der Waals surface area (Å²) in [5.41, 5.74) is 6.01. The van der Waals surface area contributed by atoms with Crippen LogP contribution in [0.4, 0.5) is 0 Å². The Hall–Kier alpha value is -0.0800. The highest BCUT2D eigenvalue weighted by molar-refractivity contribution is 4.83. The zero-order valence-electron chi connectivity index (χ0n) is 11.4. The average Bonchev–Trinajstić information content (AvgIpc) is 2.29. The third-order valence-corrected chi connectivity index (χ3v) is 4.15. The molecule has 0 heterocycles. The van der Waals surface area contributed by atoms with Crippen LogP contribution in [0, 0.1) is 11.8 Å². The molecular formula is C14H30N2. The van der Waals surface area contributed by atoms with E-state index in [4.69, 9.17) is 5.73 Å². The second-order valence-electron chi connectivity index (χ2n) is 5.46. The second kappa shape index (κ2) is 7.29. The molecule has 1 saturated carbocycles. The van der Waals surface area contributed by atoms with Gasteiger partial charge in [0.05, 0.1) is 0 Å². The Labute approximate surface area is 102 Å². The van der Waals surface area contributed by atoms with E-state index in [1.807, 2.05) is 0 Å². The summed E-state index contributed by atoms with van der Waals surface area (Å²) in [5.74, 6) is 1.76. The van der Waals surface area contributed by atoms with Gasteiger partial charge in [-0.15, -0.1) is 0 Å². The van der Waals surface area contributed by atoms with Crippen molar-refractivity contribution in [3.63, 3.8) is 0 Å². The molecule has 0 radical (unpaired) electrons. The quantitative estimate of drug-likeness (QED) is 0.754. The SMILES string of the molecule is CCCN(CC)C(CN)C1CCCC(C)C1. The maximum atomic E-state index is 6.01. The zero-order chi connectivity index (χ0) is 12.0. The topological polar surface area (TPSA) is 29.3 Å². The molecule has 0 bridgehead atoms. The lowest BCUT2D eigenvalue weighted by atomic mass is 9.78. The summed E-state index contributed by atoms with van der Waals surface area (Å²) in [6.07, 6.45) is 6.86. The Morgan fingerprint density at radius 1 is 1.31 bits per heavy atom. The monoisotopic (exact) mass is 226 g/mol. The van der Waals surface area contributed by atoms with Crippen LogP contribution in [0.3, 0.4) is 0 Å². The lowest BCUT2D eigenvalue weighted by molar-refractivity contribution is 0.112. The number of likely N-dealkylation sites (N-methyl/N-ethyl adjacent to an activating group) is 1. The van der Waals surface area contributed by atoms with Crippen LogP contribution in [0.5, 0.6) is 0 Å². The number of hydrogen-bond donors (Lipinski definition) is 1. The fourth-order valence-corrected chi connectivity index (χ4v) is 3.32. The van der Waals surface area contributed by atoms with Crippen LogP contribution in [-0.2, 0) is 0 Å². The van der Waals surface area contributed by atoms with E-state index < -0.39 is 0 Å². The number of nitrogens with two attached hydrogens (primary N) is 1. The third-order valence-electron chi connectivity index (χ3n) is 4.15. The van der Waals surface area contributed by atoms with Gasteiger partial charge < -0.3 is 5.73 Å². The van der Waals surface area contributed by atoms with Gasteiger partial charge in [0.15, 0.2) is 0 Å². The van der Waals surface area contributed by atoms with Crippen LogP contribution in [0.1, 0.15) is 52.9 Å². The summed E-state index contributed by atoms with van der Waals surface area (Å²) in [7, 11) is 0. The standard InChI is InChI=1S/C14H30N2/c1-4-9-16(5-2)14(11-15)13-8-6-7-12(3)10-13/h12-14H,4-11,15H2,1-3H3. The van der Waals surface area contributed by atoms with E-state index in [1.165, 1.54) is 38.6 Å². The van der Waals surface area contributed by atoms with E-state index in [2.05, 4.69) is 25.7 Å². The molecule has 2 nitrogen and oxygen atoms in total. The first-order valence-electron chi connectivity index (χ1n) is 7.17. The highest BCUT2D eigenvalue weighted by atomic mass is 15.2. The Kier molecular flexibility index (Phi) is 6.37. The summed E-state index contributed by atoms with van der Waals surface area (Å²) in [5, 5.41) is 0. The van der Waals surface area contributed by atoms with E-state index in [-0.39, 0.29) is 0 Å². The highest BCUT2D eigenvalue weighted by Crippen LogP contribution is 2.32. The van der Waals surface area contributed by atoms with E-state index >= 15 is 0 Å². The van der Waals surface area contributed by atoms with Crippen LogP contribution in [0.25, 0.3) is 0 Å². The normalized spacial score (nSPS) is 28.3. The summed E-state index contributed by atoms with van der Waals surface area (Å²) in [4.78, 5) is 2.60. The Morgan fingerprint density at radius 3 is 2.56 bits per heavy atom. The van der Waals surface area contributed by atoms with E-state index in [0.717, 1.165) is 24.9 Å². The maximum Gasteiger partial charge on any atom is 0.0246 e. The Bertz CT molecular complexity index is 182. The predicted molar refractivity (Wildman–Crippen MR) is 71.5 cm³/mol. The average molecular weight is 226 g/mol. The lowest BCUT2D eigenvalue weighted by Crippen LogP contribution is -2.47. The molecule has 16 heavy (non-hydrogen) atoms. The van der Waals surface area contributed by atoms with Crippen molar-refractivity contribution in [2.75, 3.05) is 19.6 Å². The molecule has 1 aliphatic carbocycles. The van der Waals surface area contributed by atoms with E-state index in [9.17, 15) is 0 Å². The molecule has 0 aliphatic heterocycles. The van der Waals surface area contributed by atoms with Crippen molar-refractivity contribution >= 4 is 0 Å². The minimum absolute atomic E-state index is 0.632. The van der Waals surface area contributed by atoms with Gasteiger partial charge in [0.1, 0.15) is 0 Å². The molecule has 2 N–H and O–H groups in total. The van der Waals surface area contributed by atoms with Crippen LogP contribution < -0.4 is 5.73 Å². The van der Waals surface area contributed by atoms with Crippen molar-refractivity contribution in [2.45, 2.75) is 58.9 Å². The molecule has 3 atom stereocenters. The summed E-state index contributed by atoms with van der Waals surface area (Å²) < 4.78 is 0. The van der Waals surface area contributed by atoms with Crippen molar-refractivity contribution in [2.24, 2.45) is 17.6 Å². The Balaban J connectivity index is 2.56. The molecule has 2 heteroatoms. The molecule has 0 spiro atoms. The molecule has 96 valence electrons. The summed E-state index contributed by atoms with van der Waals surface area (Å²) in [6.45, 7) is 10.1. The van der Waals surface area contributed by atoms with Gasteiger partial charge in [-0.05, 0) is 44.2 Å². The van der Waals surface area contributed by atoms with Crippen molar-refractivity contribution in [1.29, 1.82) is 0 Å². The fraction of sp³-hybridized carbons (Fsp3) is 1.00. The molecule has 1 aliphatic rings. The molecular weight excluding hydrogens is 196 g/mol. The first-order valence-corrected chi connectivity index (χ1v) is 7.17. The van der Waals surface area contributed by atoms with Crippen LogP contribution >= 0.6 is 0 Å². The van der Waals surface area contributed by atoms with Gasteiger partial charge >= 0.3 is 0 Å². The van der Waals surface area contributed by atoms with E-state index in [0.29, 0.717) is 6.04 Å².